The first-order chi connectivity index (χ1) is 14.1. The third-order valence-corrected chi connectivity index (χ3v) is 4.64. The van der Waals surface area contributed by atoms with Crippen molar-refractivity contribution in [2.45, 2.75) is 33.2 Å². The lowest BCUT2D eigenvalue weighted by molar-refractivity contribution is 0.0920. The van der Waals surface area contributed by atoms with Crippen LogP contribution in [-0.4, -0.2) is 33.1 Å². The van der Waals surface area contributed by atoms with Gasteiger partial charge in [0.25, 0.3) is 5.91 Å². The van der Waals surface area contributed by atoms with Crippen LogP contribution in [0.5, 0.6) is 5.88 Å². The van der Waals surface area contributed by atoms with E-state index in [2.05, 4.69) is 15.4 Å². The number of alkyl halides is 1. The van der Waals surface area contributed by atoms with E-state index in [1.807, 2.05) is 20.8 Å². The number of pyridine rings is 1. The van der Waals surface area contributed by atoms with Crippen LogP contribution in [0.3, 0.4) is 0 Å². The van der Waals surface area contributed by atoms with Crippen LogP contribution in [-0.2, 0) is 0 Å². The van der Waals surface area contributed by atoms with Crippen molar-refractivity contribution >= 4 is 29.1 Å². The van der Waals surface area contributed by atoms with Crippen molar-refractivity contribution in [2.24, 2.45) is 0 Å². The molecule has 0 aliphatic rings. The average Bonchev–Trinajstić information content (AvgIpc) is 3.03. The van der Waals surface area contributed by atoms with Gasteiger partial charge in [0, 0.05) is 34.1 Å². The molecule has 0 radical (unpaired) electrons. The van der Waals surface area contributed by atoms with Crippen LogP contribution in [0.4, 0.5) is 4.39 Å². The molecule has 3 rings (SSSR count). The predicted octanol–water partition coefficient (Wildman–Crippen LogP) is 5.38. The Bertz CT molecular complexity index is 1090. The highest BCUT2D eigenvalue weighted by molar-refractivity contribution is 6.32. The molecule has 0 spiro atoms. The van der Waals surface area contributed by atoms with Crippen LogP contribution >= 0.6 is 23.2 Å². The molecule has 0 unspecified atom stereocenters. The number of nitrogens with zero attached hydrogens (tertiary/aromatic N) is 3. The van der Waals surface area contributed by atoms with Gasteiger partial charge in [0.15, 0.2) is 5.82 Å². The number of hydrogen-bond acceptors (Lipinski definition) is 4. The molecule has 30 heavy (non-hydrogen) atoms. The maximum atomic E-state index is 13.1. The molecule has 9 heteroatoms. The third kappa shape index (κ3) is 4.74. The van der Waals surface area contributed by atoms with E-state index < -0.39 is 12.4 Å². The van der Waals surface area contributed by atoms with Gasteiger partial charge in [0.2, 0.25) is 12.7 Å². The molecular formula is C21H21Cl2FN4O2. The average molecular weight is 451 g/mol. The molecule has 2 aromatic heterocycles. The summed E-state index contributed by atoms with van der Waals surface area (Å²) < 4.78 is 19.6. The molecule has 0 fully saturated rings. The van der Waals surface area contributed by atoms with Crippen molar-refractivity contribution in [3.63, 3.8) is 0 Å². The molecule has 0 bridgehead atoms. The minimum absolute atomic E-state index is 0.00875. The van der Waals surface area contributed by atoms with Gasteiger partial charge in [-0.05, 0) is 57.5 Å². The van der Waals surface area contributed by atoms with Gasteiger partial charge in [-0.1, -0.05) is 23.2 Å². The van der Waals surface area contributed by atoms with Gasteiger partial charge in [0.05, 0.1) is 10.6 Å². The molecule has 0 aliphatic heterocycles. The lowest BCUT2D eigenvalue weighted by atomic mass is 9.95. The van der Waals surface area contributed by atoms with Crippen molar-refractivity contribution in [1.29, 1.82) is 0 Å². The number of amides is 1. The first-order valence-corrected chi connectivity index (χ1v) is 9.88. The second kappa shape index (κ2) is 8.62. The quantitative estimate of drug-likeness (QED) is 0.565. The molecule has 1 amide bonds. The number of aryl methyl sites for hydroxylation is 1. The predicted molar refractivity (Wildman–Crippen MR) is 115 cm³/mol. The van der Waals surface area contributed by atoms with Gasteiger partial charge in [-0.3, -0.25) is 4.79 Å². The standard InChI is InChI=1S/C21H21Cl2FN4O2/c1-12-8-13(22)9-14(19(29)26-21(2,3)4)17(12)15-10-28(27-20(15)30-11-24)18-16(23)6-5-7-25-18/h5-10H,11H2,1-4H3,(H,26,29). The van der Waals surface area contributed by atoms with E-state index in [1.165, 1.54) is 4.68 Å². The van der Waals surface area contributed by atoms with Gasteiger partial charge >= 0.3 is 0 Å². The number of carbonyl (C=O) groups is 1. The number of rotatable bonds is 5. The summed E-state index contributed by atoms with van der Waals surface area (Å²) in [5.74, 6) is 0.0359. The molecule has 0 saturated carbocycles. The van der Waals surface area contributed by atoms with Gasteiger partial charge < -0.3 is 10.1 Å². The van der Waals surface area contributed by atoms with E-state index in [-0.39, 0.29) is 11.8 Å². The largest absolute Gasteiger partial charge is 0.444 e. The fourth-order valence-corrected chi connectivity index (χ4v) is 3.51. The molecule has 2 heterocycles. The minimum atomic E-state index is -1.09. The Morgan fingerprint density at radius 3 is 2.67 bits per heavy atom. The zero-order valence-electron chi connectivity index (χ0n) is 17.0. The topological polar surface area (TPSA) is 69.0 Å². The van der Waals surface area contributed by atoms with E-state index in [0.717, 1.165) is 0 Å². The lowest BCUT2D eigenvalue weighted by Crippen LogP contribution is -2.40. The Morgan fingerprint density at radius 1 is 1.30 bits per heavy atom. The van der Waals surface area contributed by atoms with E-state index in [9.17, 15) is 9.18 Å². The fraction of sp³-hybridized carbons (Fsp3) is 0.286. The molecule has 0 saturated heterocycles. The van der Waals surface area contributed by atoms with Crippen LogP contribution in [0, 0.1) is 6.92 Å². The number of carbonyl (C=O) groups excluding carboxylic acids is 1. The Labute approximate surface area is 184 Å². The molecule has 0 atom stereocenters. The molecule has 1 N–H and O–H groups in total. The Morgan fingerprint density at radius 2 is 2.03 bits per heavy atom. The summed E-state index contributed by atoms with van der Waals surface area (Å²) in [6.45, 7) is 6.34. The third-order valence-electron chi connectivity index (χ3n) is 4.13. The summed E-state index contributed by atoms with van der Waals surface area (Å²) in [4.78, 5) is 17.2. The summed E-state index contributed by atoms with van der Waals surface area (Å²) in [7, 11) is 0. The van der Waals surface area contributed by atoms with Crippen LogP contribution in [0.1, 0.15) is 36.7 Å². The maximum absolute atomic E-state index is 13.1. The highest BCUT2D eigenvalue weighted by Crippen LogP contribution is 2.37. The smallest absolute Gasteiger partial charge is 0.252 e. The molecule has 0 aliphatic carbocycles. The first-order valence-electron chi connectivity index (χ1n) is 9.13. The van der Waals surface area contributed by atoms with Crippen LogP contribution < -0.4 is 10.1 Å². The van der Waals surface area contributed by atoms with Crippen molar-refractivity contribution in [2.75, 3.05) is 6.86 Å². The zero-order valence-corrected chi connectivity index (χ0v) is 18.5. The number of ether oxygens (including phenoxy) is 1. The fourth-order valence-electron chi connectivity index (χ4n) is 3.03. The second-order valence-corrected chi connectivity index (χ2v) is 8.55. The van der Waals surface area contributed by atoms with Crippen molar-refractivity contribution in [3.8, 4) is 22.8 Å². The van der Waals surface area contributed by atoms with Crippen molar-refractivity contribution in [1.82, 2.24) is 20.1 Å². The SMILES string of the molecule is Cc1cc(Cl)cc(C(=O)NC(C)(C)C)c1-c1cn(-c2ncccc2Cl)nc1OCF. The molecule has 6 nitrogen and oxygen atoms in total. The number of nitrogens with one attached hydrogen (secondary N) is 1. The summed E-state index contributed by atoms with van der Waals surface area (Å²) in [6, 6.07) is 6.63. The van der Waals surface area contributed by atoms with Gasteiger partial charge in [0.1, 0.15) is 0 Å². The molecular weight excluding hydrogens is 430 g/mol. The summed E-state index contributed by atoms with van der Waals surface area (Å²) in [5, 5.41) is 7.98. The first kappa shape index (κ1) is 22.1. The Hall–Kier alpha value is -2.64. The number of aromatic nitrogens is 3. The van der Waals surface area contributed by atoms with Gasteiger partial charge in [-0.25, -0.2) is 14.1 Å². The van der Waals surface area contributed by atoms with Crippen LogP contribution in [0.2, 0.25) is 10.0 Å². The Balaban J connectivity index is 2.22. The van der Waals surface area contributed by atoms with Crippen molar-refractivity contribution < 1.29 is 13.9 Å². The molecule has 1 aromatic carbocycles. The highest BCUT2D eigenvalue weighted by atomic mass is 35.5. The van der Waals surface area contributed by atoms with E-state index in [1.54, 1.807) is 43.6 Å². The second-order valence-electron chi connectivity index (χ2n) is 7.70. The van der Waals surface area contributed by atoms with Crippen molar-refractivity contribution in [3.05, 3.63) is 57.8 Å². The van der Waals surface area contributed by atoms with E-state index in [0.29, 0.717) is 38.1 Å². The van der Waals surface area contributed by atoms with Gasteiger partial charge in [-0.15, -0.1) is 5.10 Å². The molecule has 158 valence electrons. The minimum Gasteiger partial charge on any atom is -0.444 e. The highest BCUT2D eigenvalue weighted by Gasteiger charge is 2.25. The Kier molecular flexibility index (Phi) is 6.33. The van der Waals surface area contributed by atoms with Crippen LogP contribution in [0.25, 0.3) is 16.9 Å². The number of halogens is 3. The monoisotopic (exact) mass is 450 g/mol. The van der Waals surface area contributed by atoms with E-state index in [4.69, 9.17) is 27.9 Å². The van der Waals surface area contributed by atoms with E-state index >= 15 is 0 Å². The normalized spacial score (nSPS) is 11.4. The molecule has 3 aromatic rings. The van der Waals surface area contributed by atoms with Crippen LogP contribution in [0.15, 0.2) is 36.7 Å². The lowest BCUT2D eigenvalue weighted by Gasteiger charge is -2.22. The number of benzene rings is 1. The summed E-state index contributed by atoms with van der Waals surface area (Å²) in [6.07, 6.45) is 3.16. The number of hydrogen-bond donors (Lipinski definition) is 1. The summed E-state index contributed by atoms with van der Waals surface area (Å²) >= 11 is 12.5. The maximum Gasteiger partial charge on any atom is 0.252 e. The summed E-state index contributed by atoms with van der Waals surface area (Å²) in [5.41, 5.74) is 1.52. The van der Waals surface area contributed by atoms with Gasteiger partial charge in [-0.2, -0.15) is 0 Å². The zero-order chi connectivity index (χ0) is 22.1.